The zero-order valence-electron chi connectivity index (χ0n) is 20.8. The average Bonchev–Trinajstić information content (AvgIpc) is 3.01. The van der Waals surface area contributed by atoms with Crippen LogP contribution in [0.3, 0.4) is 0 Å². The molecule has 3 N–H and O–H groups in total. The van der Waals surface area contributed by atoms with E-state index in [0.717, 1.165) is 34.6 Å². The van der Waals surface area contributed by atoms with Crippen LogP contribution in [0, 0.1) is 0 Å². The lowest BCUT2D eigenvalue weighted by Gasteiger charge is -2.25. The SMILES string of the molecule is COc1cccnc1-c1ccccc1Nc1nc(Nc2ccc3c(c2)C(C)(C)CCC(=O)N3)ncc1Cl. The van der Waals surface area contributed by atoms with Gasteiger partial charge < -0.3 is 20.7 Å². The predicted molar refractivity (Wildman–Crippen MR) is 147 cm³/mol. The van der Waals surface area contributed by atoms with E-state index < -0.39 is 0 Å². The standard InChI is InChI=1S/C28H27ClN6O2/c1-28(2)13-12-24(36)33-22-11-10-17(15-19(22)28)32-27-31-16-20(29)26(35-27)34-21-8-5-4-7-18(21)25-23(37-3)9-6-14-30-25/h4-11,14-16H,12-13H2,1-3H3,(H,33,36)(H2,31,32,34,35). The number of anilines is 5. The first-order chi connectivity index (χ1) is 17.8. The zero-order valence-corrected chi connectivity index (χ0v) is 21.6. The molecule has 0 saturated carbocycles. The van der Waals surface area contributed by atoms with E-state index in [2.05, 4.69) is 44.7 Å². The Bertz CT molecular complexity index is 1470. The maximum Gasteiger partial charge on any atom is 0.229 e. The van der Waals surface area contributed by atoms with E-state index in [-0.39, 0.29) is 11.3 Å². The summed E-state index contributed by atoms with van der Waals surface area (Å²) in [5.41, 5.74) is 4.88. The number of hydrogen-bond donors (Lipinski definition) is 3. The van der Waals surface area contributed by atoms with Gasteiger partial charge in [0.2, 0.25) is 11.9 Å². The van der Waals surface area contributed by atoms with Gasteiger partial charge in [0, 0.05) is 35.2 Å². The molecule has 0 bridgehead atoms. The van der Waals surface area contributed by atoms with E-state index >= 15 is 0 Å². The molecule has 8 nitrogen and oxygen atoms in total. The predicted octanol–water partition coefficient (Wildman–Crippen LogP) is 6.70. The number of benzene rings is 2. The Kier molecular flexibility index (Phi) is 6.67. The summed E-state index contributed by atoms with van der Waals surface area (Å²) in [5, 5.41) is 9.98. The first-order valence-corrected chi connectivity index (χ1v) is 12.3. The highest BCUT2D eigenvalue weighted by atomic mass is 35.5. The topological polar surface area (TPSA) is 101 Å². The number of rotatable bonds is 6. The van der Waals surface area contributed by atoms with Crippen molar-refractivity contribution in [3.05, 3.63) is 77.6 Å². The molecule has 9 heteroatoms. The molecule has 1 amide bonds. The van der Waals surface area contributed by atoms with E-state index in [0.29, 0.717) is 34.7 Å². The number of amides is 1. The fourth-order valence-corrected chi connectivity index (χ4v) is 4.53. The minimum Gasteiger partial charge on any atom is -0.494 e. The van der Waals surface area contributed by atoms with Gasteiger partial charge in [0.15, 0.2) is 5.82 Å². The van der Waals surface area contributed by atoms with E-state index in [4.69, 9.17) is 16.3 Å². The molecule has 3 heterocycles. The van der Waals surface area contributed by atoms with Crippen molar-refractivity contribution in [1.29, 1.82) is 0 Å². The quantitative estimate of drug-likeness (QED) is 0.263. The molecule has 37 heavy (non-hydrogen) atoms. The number of halogens is 1. The molecular weight excluding hydrogens is 488 g/mol. The van der Waals surface area contributed by atoms with E-state index in [1.54, 1.807) is 19.5 Å². The first kappa shape index (κ1) is 24.5. The Morgan fingerprint density at radius 1 is 1.05 bits per heavy atom. The van der Waals surface area contributed by atoms with Gasteiger partial charge in [-0.3, -0.25) is 9.78 Å². The highest BCUT2D eigenvalue weighted by molar-refractivity contribution is 6.33. The van der Waals surface area contributed by atoms with Gasteiger partial charge in [0.1, 0.15) is 16.5 Å². The number of pyridine rings is 1. The smallest absolute Gasteiger partial charge is 0.229 e. The summed E-state index contributed by atoms with van der Waals surface area (Å²) in [6.45, 7) is 4.29. The molecule has 0 spiro atoms. The third-order valence-electron chi connectivity index (χ3n) is 6.43. The molecule has 2 aromatic carbocycles. The summed E-state index contributed by atoms with van der Waals surface area (Å²) in [6.07, 6.45) is 4.53. The average molecular weight is 515 g/mol. The molecule has 0 fully saturated rings. The van der Waals surface area contributed by atoms with Crippen molar-refractivity contribution < 1.29 is 9.53 Å². The third-order valence-corrected chi connectivity index (χ3v) is 6.70. The Morgan fingerprint density at radius 3 is 2.73 bits per heavy atom. The highest BCUT2D eigenvalue weighted by Crippen LogP contribution is 2.39. The Morgan fingerprint density at radius 2 is 1.89 bits per heavy atom. The van der Waals surface area contributed by atoms with E-state index in [1.165, 1.54) is 0 Å². The van der Waals surface area contributed by atoms with Crippen molar-refractivity contribution in [3.8, 4) is 17.0 Å². The lowest BCUT2D eigenvalue weighted by molar-refractivity contribution is -0.116. The van der Waals surface area contributed by atoms with Gasteiger partial charge in [0.25, 0.3) is 0 Å². The largest absolute Gasteiger partial charge is 0.494 e. The number of carbonyl (C=O) groups excluding carboxylic acids is 1. The second kappa shape index (κ2) is 10.1. The van der Waals surface area contributed by atoms with Crippen molar-refractivity contribution in [1.82, 2.24) is 15.0 Å². The fraction of sp³-hybridized carbons (Fsp3) is 0.214. The first-order valence-electron chi connectivity index (χ1n) is 11.9. The molecule has 1 aliphatic rings. The van der Waals surface area contributed by atoms with Crippen LogP contribution in [0.4, 0.5) is 28.8 Å². The number of ether oxygens (including phenoxy) is 1. The number of nitrogens with zero attached hydrogens (tertiary/aromatic N) is 3. The van der Waals surface area contributed by atoms with Gasteiger partial charge in [0.05, 0.1) is 13.3 Å². The van der Waals surface area contributed by atoms with Gasteiger partial charge in [-0.15, -0.1) is 0 Å². The van der Waals surface area contributed by atoms with Crippen LogP contribution in [-0.4, -0.2) is 28.0 Å². The lowest BCUT2D eigenvalue weighted by Crippen LogP contribution is -2.16. The fourth-order valence-electron chi connectivity index (χ4n) is 4.39. The van der Waals surface area contributed by atoms with Gasteiger partial charge in [-0.2, -0.15) is 4.98 Å². The molecule has 188 valence electrons. The molecule has 0 aliphatic carbocycles. The number of methoxy groups -OCH3 is 1. The second-order valence-electron chi connectivity index (χ2n) is 9.43. The molecule has 4 aromatic rings. The number of carbonyl (C=O) groups is 1. The molecular formula is C28H27ClN6O2. The molecule has 2 aromatic heterocycles. The summed E-state index contributed by atoms with van der Waals surface area (Å²) in [7, 11) is 1.62. The van der Waals surface area contributed by atoms with Crippen LogP contribution in [0.1, 0.15) is 32.3 Å². The summed E-state index contributed by atoms with van der Waals surface area (Å²) in [6, 6.07) is 17.3. The van der Waals surface area contributed by atoms with Crippen molar-refractivity contribution >= 4 is 46.3 Å². The number of fused-ring (bicyclic) bond motifs is 1. The third kappa shape index (κ3) is 5.20. The van der Waals surface area contributed by atoms with Gasteiger partial charge >= 0.3 is 0 Å². The van der Waals surface area contributed by atoms with Crippen molar-refractivity contribution in [2.75, 3.05) is 23.1 Å². The molecule has 5 rings (SSSR count). The number of hydrogen-bond acceptors (Lipinski definition) is 7. The maximum atomic E-state index is 12.1. The van der Waals surface area contributed by atoms with Gasteiger partial charge in [-0.05, 0) is 53.8 Å². The Labute approximate surface area is 220 Å². The van der Waals surface area contributed by atoms with Crippen molar-refractivity contribution in [2.24, 2.45) is 0 Å². The Hall–Kier alpha value is -4.17. The molecule has 0 atom stereocenters. The van der Waals surface area contributed by atoms with Crippen LogP contribution in [0.25, 0.3) is 11.3 Å². The summed E-state index contributed by atoms with van der Waals surface area (Å²) < 4.78 is 5.51. The van der Waals surface area contributed by atoms with Crippen LogP contribution in [0.2, 0.25) is 5.02 Å². The number of aromatic nitrogens is 3. The molecule has 0 radical (unpaired) electrons. The number of para-hydroxylation sites is 1. The van der Waals surface area contributed by atoms with Crippen LogP contribution in [0.15, 0.2) is 67.0 Å². The van der Waals surface area contributed by atoms with Crippen LogP contribution in [0.5, 0.6) is 5.75 Å². The monoisotopic (exact) mass is 514 g/mol. The van der Waals surface area contributed by atoms with E-state index in [1.807, 2.05) is 54.6 Å². The lowest BCUT2D eigenvalue weighted by atomic mass is 9.80. The van der Waals surface area contributed by atoms with Gasteiger partial charge in [-0.1, -0.05) is 43.6 Å². The molecule has 0 unspecified atom stereocenters. The summed E-state index contributed by atoms with van der Waals surface area (Å²) >= 11 is 6.47. The zero-order chi connectivity index (χ0) is 26.0. The second-order valence-corrected chi connectivity index (χ2v) is 9.84. The minimum atomic E-state index is -0.157. The summed E-state index contributed by atoms with van der Waals surface area (Å²) in [4.78, 5) is 25.6. The highest BCUT2D eigenvalue weighted by Gasteiger charge is 2.28. The molecule has 0 saturated heterocycles. The van der Waals surface area contributed by atoms with Gasteiger partial charge in [-0.25, -0.2) is 4.98 Å². The minimum absolute atomic E-state index is 0.0351. The maximum absolute atomic E-state index is 12.1. The normalized spacial score (nSPS) is 14.2. The van der Waals surface area contributed by atoms with Crippen molar-refractivity contribution in [3.63, 3.8) is 0 Å². The molecule has 1 aliphatic heterocycles. The number of nitrogens with one attached hydrogen (secondary N) is 3. The van der Waals surface area contributed by atoms with Crippen LogP contribution < -0.4 is 20.7 Å². The Balaban J connectivity index is 1.44. The summed E-state index contributed by atoms with van der Waals surface area (Å²) in [5.74, 6) is 1.53. The van der Waals surface area contributed by atoms with Crippen LogP contribution in [-0.2, 0) is 10.2 Å². The van der Waals surface area contributed by atoms with Crippen LogP contribution >= 0.6 is 11.6 Å². The van der Waals surface area contributed by atoms with Crippen molar-refractivity contribution in [2.45, 2.75) is 32.1 Å². The van der Waals surface area contributed by atoms with E-state index in [9.17, 15) is 4.79 Å².